The van der Waals surface area contributed by atoms with Crippen molar-refractivity contribution >= 4 is 33.6 Å². The molecule has 0 bridgehead atoms. The number of amides is 1. The van der Waals surface area contributed by atoms with E-state index in [9.17, 15) is 4.79 Å². The summed E-state index contributed by atoms with van der Waals surface area (Å²) in [5, 5.41) is 3.11. The minimum absolute atomic E-state index is 0.0317. The fraction of sp³-hybridized carbons (Fsp3) is 0.611. The second-order valence-electron chi connectivity index (χ2n) is 6.51. The van der Waals surface area contributed by atoms with Gasteiger partial charge in [0, 0.05) is 17.1 Å². The van der Waals surface area contributed by atoms with Gasteiger partial charge in [0.05, 0.1) is 5.56 Å². The average molecular weight is 397 g/mol. The van der Waals surface area contributed by atoms with Crippen molar-refractivity contribution in [3.05, 3.63) is 34.3 Å². The van der Waals surface area contributed by atoms with Crippen LogP contribution in [0.15, 0.2) is 28.7 Å². The SMILES string of the molecule is O=C(NCC1CCN(C2CCSCC2)CC1)c1ccccc1Br. The first-order valence-corrected chi connectivity index (χ1v) is 10.5. The third kappa shape index (κ3) is 4.74. The van der Waals surface area contributed by atoms with E-state index >= 15 is 0 Å². The standard InChI is InChI=1S/C18H25BrN2OS/c19-17-4-2-1-3-16(17)18(22)20-13-14-5-9-21(10-6-14)15-7-11-23-12-8-15/h1-4,14-15H,5-13H2,(H,20,22). The number of hydrogen-bond acceptors (Lipinski definition) is 3. The number of benzene rings is 1. The summed E-state index contributed by atoms with van der Waals surface area (Å²) in [4.78, 5) is 15.0. The number of carbonyl (C=O) groups excluding carboxylic acids is 1. The summed E-state index contributed by atoms with van der Waals surface area (Å²) >= 11 is 5.54. The van der Waals surface area contributed by atoms with Gasteiger partial charge in [0.15, 0.2) is 0 Å². The second-order valence-corrected chi connectivity index (χ2v) is 8.59. The summed E-state index contributed by atoms with van der Waals surface area (Å²) in [5.41, 5.74) is 0.727. The monoisotopic (exact) mass is 396 g/mol. The molecule has 126 valence electrons. The fourth-order valence-electron chi connectivity index (χ4n) is 3.55. The van der Waals surface area contributed by atoms with Crippen molar-refractivity contribution in [1.29, 1.82) is 0 Å². The molecule has 0 radical (unpaired) electrons. The van der Waals surface area contributed by atoms with Gasteiger partial charge in [0.2, 0.25) is 0 Å². The first-order chi connectivity index (χ1) is 11.2. The summed E-state index contributed by atoms with van der Waals surface area (Å²) < 4.78 is 0.863. The Morgan fingerprint density at radius 3 is 2.57 bits per heavy atom. The Balaban J connectivity index is 1.42. The minimum atomic E-state index is 0.0317. The minimum Gasteiger partial charge on any atom is -0.352 e. The molecule has 2 fully saturated rings. The number of carbonyl (C=O) groups is 1. The van der Waals surface area contributed by atoms with Gasteiger partial charge in [-0.25, -0.2) is 0 Å². The zero-order valence-electron chi connectivity index (χ0n) is 13.5. The average Bonchev–Trinajstić information content (AvgIpc) is 2.61. The maximum Gasteiger partial charge on any atom is 0.252 e. The molecule has 2 saturated heterocycles. The van der Waals surface area contributed by atoms with Gasteiger partial charge in [-0.05, 0) is 84.3 Å². The van der Waals surface area contributed by atoms with Crippen molar-refractivity contribution in [2.75, 3.05) is 31.1 Å². The number of thioether (sulfide) groups is 1. The summed E-state index contributed by atoms with van der Waals surface area (Å²) in [6.07, 6.45) is 5.13. The van der Waals surface area contributed by atoms with Crippen molar-refractivity contribution < 1.29 is 4.79 Å². The lowest BCUT2D eigenvalue weighted by Crippen LogP contribution is -2.45. The van der Waals surface area contributed by atoms with E-state index in [1.807, 2.05) is 24.3 Å². The van der Waals surface area contributed by atoms with Gasteiger partial charge in [0.25, 0.3) is 5.91 Å². The Labute approximate surface area is 151 Å². The van der Waals surface area contributed by atoms with Gasteiger partial charge in [-0.1, -0.05) is 12.1 Å². The van der Waals surface area contributed by atoms with Crippen LogP contribution >= 0.6 is 27.7 Å². The molecule has 0 saturated carbocycles. The van der Waals surface area contributed by atoms with Gasteiger partial charge in [-0.3, -0.25) is 4.79 Å². The fourth-order valence-corrected chi connectivity index (χ4v) is 5.10. The van der Waals surface area contributed by atoms with Gasteiger partial charge in [-0.2, -0.15) is 11.8 Å². The summed E-state index contributed by atoms with van der Waals surface area (Å²) in [6.45, 7) is 3.20. The van der Waals surface area contributed by atoms with Crippen LogP contribution in [0.1, 0.15) is 36.0 Å². The maximum atomic E-state index is 12.3. The number of piperidine rings is 1. The van der Waals surface area contributed by atoms with Crippen molar-refractivity contribution in [2.24, 2.45) is 5.92 Å². The second kappa shape index (κ2) is 8.54. The first kappa shape index (κ1) is 17.3. The molecule has 0 unspecified atom stereocenters. The van der Waals surface area contributed by atoms with Crippen LogP contribution in [0.3, 0.4) is 0 Å². The highest BCUT2D eigenvalue weighted by Gasteiger charge is 2.26. The highest BCUT2D eigenvalue weighted by molar-refractivity contribution is 9.10. The Kier molecular flexibility index (Phi) is 6.43. The Bertz CT molecular complexity index is 526. The lowest BCUT2D eigenvalue weighted by molar-refractivity contribution is 0.0919. The van der Waals surface area contributed by atoms with E-state index in [4.69, 9.17) is 0 Å². The molecular formula is C18H25BrN2OS. The molecule has 2 aliphatic rings. The predicted octanol–water partition coefficient (Wildman–Crippen LogP) is 3.79. The molecule has 2 aliphatic heterocycles. The molecule has 1 aromatic carbocycles. The molecular weight excluding hydrogens is 372 g/mol. The molecule has 5 heteroatoms. The van der Waals surface area contributed by atoms with E-state index in [1.54, 1.807) is 0 Å². The van der Waals surface area contributed by atoms with Crippen LogP contribution in [0, 0.1) is 5.92 Å². The molecule has 0 spiro atoms. The molecule has 3 rings (SSSR count). The summed E-state index contributed by atoms with van der Waals surface area (Å²) in [6, 6.07) is 8.42. The molecule has 23 heavy (non-hydrogen) atoms. The first-order valence-electron chi connectivity index (χ1n) is 8.58. The molecule has 1 amide bonds. The molecule has 1 N–H and O–H groups in total. The number of nitrogens with one attached hydrogen (secondary N) is 1. The molecule has 0 atom stereocenters. The van der Waals surface area contributed by atoms with Crippen LogP contribution in [0.4, 0.5) is 0 Å². The number of nitrogens with zero attached hydrogens (tertiary/aromatic N) is 1. The third-order valence-corrected chi connectivity index (χ3v) is 6.77. The van der Waals surface area contributed by atoms with Crippen LogP contribution in [-0.4, -0.2) is 48.0 Å². The van der Waals surface area contributed by atoms with E-state index in [0.29, 0.717) is 5.92 Å². The van der Waals surface area contributed by atoms with Crippen LogP contribution in [-0.2, 0) is 0 Å². The largest absolute Gasteiger partial charge is 0.352 e. The van der Waals surface area contributed by atoms with Gasteiger partial charge < -0.3 is 10.2 Å². The number of halogens is 1. The Morgan fingerprint density at radius 1 is 1.17 bits per heavy atom. The van der Waals surface area contributed by atoms with E-state index in [0.717, 1.165) is 22.6 Å². The summed E-state index contributed by atoms with van der Waals surface area (Å²) in [5.74, 6) is 3.30. The Hall–Kier alpha value is -0.520. The van der Waals surface area contributed by atoms with Crippen LogP contribution in [0.25, 0.3) is 0 Å². The maximum absolute atomic E-state index is 12.3. The lowest BCUT2D eigenvalue weighted by Gasteiger charge is -2.39. The van der Waals surface area contributed by atoms with E-state index < -0.39 is 0 Å². The predicted molar refractivity (Wildman–Crippen MR) is 101 cm³/mol. The van der Waals surface area contributed by atoms with Crippen LogP contribution in [0.2, 0.25) is 0 Å². The molecule has 1 aromatic rings. The van der Waals surface area contributed by atoms with Crippen LogP contribution in [0.5, 0.6) is 0 Å². The summed E-state index contributed by atoms with van der Waals surface area (Å²) in [7, 11) is 0. The van der Waals surface area contributed by atoms with Crippen molar-refractivity contribution in [1.82, 2.24) is 10.2 Å². The third-order valence-electron chi connectivity index (χ3n) is 5.03. The van der Waals surface area contributed by atoms with Crippen molar-refractivity contribution in [3.8, 4) is 0 Å². The number of rotatable bonds is 4. The van der Waals surface area contributed by atoms with Gasteiger partial charge >= 0.3 is 0 Å². The molecule has 3 nitrogen and oxygen atoms in total. The van der Waals surface area contributed by atoms with E-state index in [2.05, 4.69) is 37.9 Å². The molecule has 0 aliphatic carbocycles. The quantitative estimate of drug-likeness (QED) is 0.839. The van der Waals surface area contributed by atoms with Gasteiger partial charge in [0.1, 0.15) is 0 Å². The number of likely N-dealkylation sites (tertiary alicyclic amines) is 1. The zero-order valence-corrected chi connectivity index (χ0v) is 15.9. The van der Waals surface area contributed by atoms with Crippen molar-refractivity contribution in [2.45, 2.75) is 31.7 Å². The lowest BCUT2D eigenvalue weighted by atomic mass is 9.94. The highest BCUT2D eigenvalue weighted by atomic mass is 79.9. The topological polar surface area (TPSA) is 32.3 Å². The number of hydrogen-bond donors (Lipinski definition) is 1. The Morgan fingerprint density at radius 2 is 1.87 bits per heavy atom. The van der Waals surface area contributed by atoms with Crippen molar-refractivity contribution in [3.63, 3.8) is 0 Å². The smallest absolute Gasteiger partial charge is 0.252 e. The zero-order chi connectivity index (χ0) is 16.1. The highest BCUT2D eigenvalue weighted by Crippen LogP contribution is 2.26. The van der Waals surface area contributed by atoms with Crippen LogP contribution < -0.4 is 5.32 Å². The van der Waals surface area contributed by atoms with E-state index in [-0.39, 0.29) is 5.91 Å². The molecule has 2 heterocycles. The van der Waals surface area contributed by atoms with E-state index in [1.165, 1.54) is 50.3 Å². The normalized spacial score (nSPS) is 21.3. The molecule has 0 aromatic heterocycles. The van der Waals surface area contributed by atoms with Gasteiger partial charge in [-0.15, -0.1) is 0 Å².